The minimum atomic E-state index is -0.600. The molecule has 0 saturated heterocycles. The molecule has 4 nitrogen and oxygen atoms in total. The average Bonchev–Trinajstić information content (AvgIpc) is 2.52. The van der Waals surface area contributed by atoms with E-state index in [1.54, 1.807) is 18.2 Å². The van der Waals surface area contributed by atoms with Crippen LogP contribution in [0.15, 0.2) is 18.2 Å². The van der Waals surface area contributed by atoms with E-state index in [0.29, 0.717) is 29.4 Å². The lowest BCUT2D eigenvalue weighted by molar-refractivity contribution is -0.0195. The first kappa shape index (κ1) is 16.1. The number of anilines is 1. The maximum atomic E-state index is 9.97. The van der Waals surface area contributed by atoms with Crippen LogP contribution in [-0.4, -0.2) is 30.5 Å². The number of benzene rings is 1. The number of hydrogen-bond acceptors (Lipinski definition) is 4. The molecule has 5 heteroatoms. The van der Waals surface area contributed by atoms with Gasteiger partial charge in [-0.1, -0.05) is 30.9 Å². The van der Waals surface area contributed by atoms with Gasteiger partial charge in [0.2, 0.25) is 0 Å². The maximum Gasteiger partial charge on any atom is 0.101 e. The molecule has 1 atom stereocenters. The summed E-state index contributed by atoms with van der Waals surface area (Å²) in [6.07, 6.45) is 5.59. The molecule has 1 unspecified atom stereocenters. The third-order valence-electron chi connectivity index (χ3n) is 3.71. The monoisotopic (exact) mass is 308 g/mol. The van der Waals surface area contributed by atoms with Crippen LogP contribution in [0.5, 0.6) is 0 Å². The Balaban J connectivity index is 1.77. The van der Waals surface area contributed by atoms with E-state index >= 15 is 0 Å². The highest BCUT2D eigenvalue weighted by molar-refractivity contribution is 6.30. The molecule has 0 heterocycles. The fraction of sp³-hybridized carbons (Fsp3) is 0.562. The highest BCUT2D eigenvalue weighted by atomic mass is 35.5. The van der Waals surface area contributed by atoms with Gasteiger partial charge in [-0.05, 0) is 31.0 Å². The van der Waals surface area contributed by atoms with Crippen LogP contribution in [0.1, 0.15) is 37.7 Å². The number of nitrogens with zero attached hydrogens (tertiary/aromatic N) is 1. The van der Waals surface area contributed by atoms with Crippen LogP contribution < -0.4 is 5.32 Å². The lowest BCUT2D eigenvalue weighted by Gasteiger charge is -2.23. The highest BCUT2D eigenvalue weighted by Gasteiger charge is 2.15. The van der Waals surface area contributed by atoms with E-state index in [0.717, 1.165) is 12.8 Å². The van der Waals surface area contributed by atoms with Gasteiger partial charge in [0.1, 0.15) is 6.07 Å². The predicted octanol–water partition coefficient (Wildman–Crippen LogP) is 3.33. The van der Waals surface area contributed by atoms with Crippen LogP contribution in [-0.2, 0) is 4.74 Å². The largest absolute Gasteiger partial charge is 0.389 e. The number of ether oxygens (including phenoxy) is 1. The summed E-state index contributed by atoms with van der Waals surface area (Å²) in [4.78, 5) is 0. The van der Waals surface area contributed by atoms with Gasteiger partial charge in [0.15, 0.2) is 0 Å². The predicted molar refractivity (Wildman–Crippen MR) is 83.5 cm³/mol. The number of nitriles is 1. The molecule has 1 aromatic carbocycles. The zero-order valence-corrected chi connectivity index (χ0v) is 12.8. The standard InChI is InChI=1S/C16H21ClN2O2/c17-13-7-6-12(9-18)16(8-13)19-10-14(20)11-21-15-4-2-1-3-5-15/h6-8,14-15,19-20H,1-5,10-11H2. The van der Waals surface area contributed by atoms with Gasteiger partial charge >= 0.3 is 0 Å². The van der Waals surface area contributed by atoms with Gasteiger partial charge in [-0.25, -0.2) is 0 Å². The minimum Gasteiger partial charge on any atom is -0.389 e. The highest BCUT2D eigenvalue weighted by Crippen LogP contribution is 2.21. The Bertz CT molecular complexity index is 496. The summed E-state index contributed by atoms with van der Waals surface area (Å²) in [5.41, 5.74) is 1.15. The van der Waals surface area contributed by atoms with Crippen LogP contribution in [0.3, 0.4) is 0 Å². The molecule has 0 aromatic heterocycles. The van der Waals surface area contributed by atoms with Crippen molar-refractivity contribution in [2.75, 3.05) is 18.5 Å². The van der Waals surface area contributed by atoms with Crippen molar-refractivity contribution >= 4 is 17.3 Å². The number of rotatable bonds is 6. The van der Waals surface area contributed by atoms with Crippen LogP contribution in [0.4, 0.5) is 5.69 Å². The van der Waals surface area contributed by atoms with Gasteiger partial charge in [0.25, 0.3) is 0 Å². The lowest BCUT2D eigenvalue weighted by atomic mass is 9.98. The van der Waals surface area contributed by atoms with Gasteiger partial charge in [-0.15, -0.1) is 0 Å². The number of hydrogen-bond donors (Lipinski definition) is 2. The Hall–Kier alpha value is -1.28. The Morgan fingerprint density at radius 1 is 1.38 bits per heavy atom. The fourth-order valence-electron chi connectivity index (χ4n) is 2.53. The fourth-order valence-corrected chi connectivity index (χ4v) is 2.70. The number of aliphatic hydroxyl groups excluding tert-OH is 1. The van der Waals surface area contributed by atoms with Gasteiger partial charge in [0, 0.05) is 11.6 Å². The van der Waals surface area contributed by atoms with E-state index in [-0.39, 0.29) is 6.10 Å². The number of aliphatic hydroxyl groups is 1. The van der Waals surface area contributed by atoms with Crippen LogP contribution in [0, 0.1) is 11.3 Å². The van der Waals surface area contributed by atoms with Gasteiger partial charge in [0.05, 0.1) is 30.1 Å². The SMILES string of the molecule is N#Cc1ccc(Cl)cc1NCC(O)COC1CCCCC1. The Morgan fingerprint density at radius 3 is 2.86 bits per heavy atom. The van der Waals surface area contributed by atoms with Crippen LogP contribution in [0.2, 0.25) is 5.02 Å². The van der Waals surface area contributed by atoms with Gasteiger partial charge < -0.3 is 15.2 Å². The third-order valence-corrected chi connectivity index (χ3v) is 3.94. The van der Waals surface area contributed by atoms with Crippen LogP contribution >= 0.6 is 11.6 Å². The molecule has 1 saturated carbocycles. The van der Waals surface area contributed by atoms with Crippen molar-refractivity contribution in [3.8, 4) is 6.07 Å². The Morgan fingerprint density at radius 2 is 2.14 bits per heavy atom. The summed E-state index contributed by atoms with van der Waals surface area (Å²) < 4.78 is 5.73. The zero-order valence-electron chi connectivity index (χ0n) is 12.0. The maximum absolute atomic E-state index is 9.97. The first-order valence-corrected chi connectivity index (χ1v) is 7.80. The summed E-state index contributed by atoms with van der Waals surface area (Å²) in [6.45, 7) is 0.655. The molecule has 0 amide bonds. The van der Waals surface area contributed by atoms with E-state index in [2.05, 4.69) is 11.4 Å². The molecule has 1 aliphatic rings. The molecule has 21 heavy (non-hydrogen) atoms. The molecule has 0 radical (unpaired) electrons. The molecule has 0 spiro atoms. The molecule has 1 fully saturated rings. The van der Waals surface area contributed by atoms with E-state index in [1.165, 1.54) is 19.3 Å². The first-order chi connectivity index (χ1) is 10.2. The Labute approximate surface area is 130 Å². The van der Waals surface area contributed by atoms with E-state index in [1.807, 2.05) is 0 Å². The molecule has 1 aliphatic carbocycles. The van der Waals surface area contributed by atoms with Gasteiger partial charge in [-0.2, -0.15) is 5.26 Å². The van der Waals surface area contributed by atoms with Crippen molar-refractivity contribution in [1.82, 2.24) is 0 Å². The summed E-state index contributed by atoms with van der Waals surface area (Å²) in [5.74, 6) is 0. The van der Waals surface area contributed by atoms with Crippen molar-refractivity contribution in [1.29, 1.82) is 5.26 Å². The molecular formula is C16H21ClN2O2. The molecular weight excluding hydrogens is 288 g/mol. The van der Waals surface area contributed by atoms with Crippen molar-refractivity contribution in [2.24, 2.45) is 0 Å². The van der Waals surface area contributed by atoms with Gasteiger partial charge in [-0.3, -0.25) is 0 Å². The molecule has 1 aromatic rings. The molecule has 2 rings (SSSR count). The minimum absolute atomic E-state index is 0.286. The van der Waals surface area contributed by atoms with E-state index in [4.69, 9.17) is 21.6 Å². The average molecular weight is 309 g/mol. The topological polar surface area (TPSA) is 65.3 Å². The van der Waals surface area contributed by atoms with Crippen molar-refractivity contribution in [2.45, 2.75) is 44.3 Å². The summed E-state index contributed by atoms with van der Waals surface area (Å²) in [6, 6.07) is 7.12. The quantitative estimate of drug-likeness (QED) is 0.846. The zero-order chi connectivity index (χ0) is 15.1. The second-order valence-corrected chi connectivity index (χ2v) is 5.87. The van der Waals surface area contributed by atoms with Crippen molar-refractivity contribution < 1.29 is 9.84 Å². The van der Waals surface area contributed by atoms with E-state index < -0.39 is 6.10 Å². The second kappa shape index (κ2) is 8.23. The normalized spacial score (nSPS) is 17.2. The van der Waals surface area contributed by atoms with Crippen LogP contribution in [0.25, 0.3) is 0 Å². The summed E-state index contributed by atoms with van der Waals surface area (Å²) in [5, 5.41) is 22.6. The lowest BCUT2D eigenvalue weighted by Crippen LogP contribution is -2.28. The second-order valence-electron chi connectivity index (χ2n) is 5.43. The molecule has 0 bridgehead atoms. The third kappa shape index (κ3) is 5.20. The first-order valence-electron chi connectivity index (χ1n) is 7.42. The number of nitrogens with one attached hydrogen (secondary N) is 1. The van der Waals surface area contributed by atoms with E-state index in [9.17, 15) is 5.11 Å². The number of halogens is 1. The molecule has 0 aliphatic heterocycles. The molecule has 2 N–H and O–H groups in total. The van der Waals surface area contributed by atoms with Crippen molar-refractivity contribution in [3.05, 3.63) is 28.8 Å². The molecule has 114 valence electrons. The smallest absolute Gasteiger partial charge is 0.101 e. The van der Waals surface area contributed by atoms with Crippen molar-refractivity contribution in [3.63, 3.8) is 0 Å². The summed E-state index contributed by atoms with van der Waals surface area (Å²) >= 11 is 5.92. The Kier molecular flexibility index (Phi) is 6.31. The summed E-state index contributed by atoms with van der Waals surface area (Å²) in [7, 11) is 0.